The highest BCUT2D eigenvalue weighted by atomic mass is 16.2. The molecule has 0 radical (unpaired) electrons. The van der Waals surface area contributed by atoms with E-state index < -0.39 is 6.03 Å². The SMILES string of the molecule is Cc1cccc(NC(=O)NC2CCCN(C(N)=O)C2)c1. The van der Waals surface area contributed by atoms with Crippen LogP contribution in [-0.4, -0.2) is 36.1 Å². The van der Waals surface area contributed by atoms with E-state index in [1.54, 1.807) is 4.90 Å². The number of benzene rings is 1. The van der Waals surface area contributed by atoms with Gasteiger partial charge in [0.2, 0.25) is 0 Å². The second-order valence-corrected chi connectivity index (χ2v) is 5.09. The highest BCUT2D eigenvalue weighted by Gasteiger charge is 2.23. The number of carbonyl (C=O) groups excluding carboxylic acids is 2. The van der Waals surface area contributed by atoms with Gasteiger partial charge in [0.15, 0.2) is 0 Å². The average molecular weight is 276 g/mol. The van der Waals surface area contributed by atoms with Crippen molar-refractivity contribution in [3.63, 3.8) is 0 Å². The zero-order chi connectivity index (χ0) is 14.5. The van der Waals surface area contributed by atoms with E-state index in [-0.39, 0.29) is 12.1 Å². The molecular weight excluding hydrogens is 256 g/mol. The van der Waals surface area contributed by atoms with Crippen molar-refractivity contribution >= 4 is 17.7 Å². The number of nitrogens with one attached hydrogen (secondary N) is 2. The van der Waals surface area contributed by atoms with Crippen LogP contribution in [0.15, 0.2) is 24.3 Å². The average Bonchev–Trinajstić information content (AvgIpc) is 2.38. The van der Waals surface area contributed by atoms with Crippen molar-refractivity contribution in [1.29, 1.82) is 0 Å². The summed E-state index contributed by atoms with van der Waals surface area (Å²) in [5, 5.41) is 5.66. The highest BCUT2D eigenvalue weighted by Crippen LogP contribution is 2.11. The van der Waals surface area contributed by atoms with Gasteiger partial charge in [0.1, 0.15) is 0 Å². The molecule has 108 valence electrons. The Kier molecular flexibility index (Phi) is 4.45. The van der Waals surface area contributed by atoms with Crippen LogP contribution in [0.25, 0.3) is 0 Å². The standard InChI is InChI=1S/C14H20N4O2/c1-10-4-2-5-11(8-10)16-14(20)17-12-6-3-7-18(9-12)13(15)19/h2,4-5,8,12H,3,6-7,9H2,1H3,(H2,15,19)(H2,16,17,20). The summed E-state index contributed by atoms with van der Waals surface area (Å²) < 4.78 is 0. The summed E-state index contributed by atoms with van der Waals surface area (Å²) >= 11 is 0. The molecule has 1 heterocycles. The molecule has 0 aromatic heterocycles. The highest BCUT2D eigenvalue weighted by molar-refractivity contribution is 5.89. The van der Waals surface area contributed by atoms with Gasteiger partial charge in [-0.15, -0.1) is 0 Å². The molecule has 6 heteroatoms. The van der Waals surface area contributed by atoms with Gasteiger partial charge < -0.3 is 21.3 Å². The number of nitrogens with two attached hydrogens (primary N) is 1. The number of rotatable bonds is 2. The van der Waals surface area contributed by atoms with E-state index in [9.17, 15) is 9.59 Å². The van der Waals surface area contributed by atoms with Gasteiger partial charge in [-0.2, -0.15) is 0 Å². The Hall–Kier alpha value is -2.24. The summed E-state index contributed by atoms with van der Waals surface area (Å²) in [6, 6.07) is 6.85. The number of hydrogen-bond acceptors (Lipinski definition) is 2. The van der Waals surface area contributed by atoms with Gasteiger partial charge in [-0.3, -0.25) is 0 Å². The number of hydrogen-bond donors (Lipinski definition) is 3. The second-order valence-electron chi connectivity index (χ2n) is 5.09. The first-order valence-corrected chi connectivity index (χ1v) is 6.73. The molecule has 0 aliphatic carbocycles. The van der Waals surface area contributed by atoms with Crippen LogP contribution in [-0.2, 0) is 0 Å². The van der Waals surface area contributed by atoms with Crippen LogP contribution in [0.2, 0.25) is 0 Å². The Morgan fingerprint density at radius 3 is 2.90 bits per heavy atom. The number of carbonyl (C=O) groups is 2. The molecule has 0 spiro atoms. The van der Waals surface area contributed by atoms with E-state index in [2.05, 4.69) is 10.6 Å². The number of aryl methyl sites for hydroxylation is 1. The number of nitrogens with zero attached hydrogens (tertiary/aromatic N) is 1. The molecule has 1 aliphatic heterocycles. The maximum Gasteiger partial charge on any atom is 0.319 e. The molecule has 2 rings (SSSR count). The van der Waals surface area contributed by atoms with Crippen molar-refractivity contribution in [1.82, 2.24) is 10.2 Å². The van der Waals surface area contributed by atoms with E-state index in [1.807, 2.05) is 31.2 Å². The van der Waals surface area contributed by atoms with E-state index in [0.29, 0.717) is 13.1 Å². The van der Waals surface area contributed by atoms with Gasteiger partial charge in [0, 0.05) is 24.8 Å². The normalized spacial score (nSPS) is 18.4. The van der Waals surface area contributed by atoms with Crippen LogP contribution in [0.4, 0.5) is 15.3 Å². The number of primary amides is 1. The minimum atomic E-state index is -0.435. The third-order valence-corrected chi connectivity index (χ3v) is 3.34. The number of anilines is 1. The fourth-order valence-electron chi connectivity index (χ4n) is 2.37. The van der Waals surface area contributed by atoms with Crippen LogP contribution < -0.4 is 16.4 Å². The number of amides is 4. The van der Waals surface area contributed by atoms with Crippen molar-refractivity contribution in [2.24, 2.45) is 5.73 Å². The Labute approximate surface area is 118 Å². The first-order valence-electron chi connectivity index (χ1n) is 6.73. The number of piperidine rings is 1. The summed E-state index contributed by atoms with van der Waals surface area (Å²) in [5.74, 6) is 0. The Morgan fingerprint density at radius 1 is 1.40 bits per heavy atom. The molecule has 1 fully saturated rings. The fourth-order valence-corrected chi connectivity index (χ4v) is 2.37. The summed E-state index contributed by atoms with van der Waals surface area (Å²) in [6.45, 7) is 3.10. The van der Waals surface area contributed by atoms with Gasteiger partial charge in [-0.1, -0.05) is 12.1 Å². The van der Waals surface area contributed by atoms with Crippen molar-refractivity contribution in [3.8, 4) is 0 Å². The molecule has 20 heavy (non-hydrogen) atoms. The monoisotopic (exact) mass is 276 g/mol. The molecule has 1 aliphatic rings. The van der Waals surface area contributed by atoms with E-state index >= 15 is 0 Å². The Balaban J connectivity index is 1.86. The van der Waals surface area contributed by atoms with E-state index in [1.165, 1.54) is 0 Å². The van der Waals surface area contributed by atoms with Gasteiger partial charge in [-0.25, -0.2) is 9.59 Å². The van der Waals surface area contributed by atoms with Gasteiger partial charge >= 0.3 is 12.1 Å². The number of likely N-dealkylation sites (tertiary alicyclic amines) is 1. The Morgan fingerprint density at radius 2 is 2.20 bits per heavy atom. The van der Waals surface area contributed by atoms with Crippen LogP contribution >= 0.6 is 0 Å². The summed E-state index contributed by atoms with van der Waals surface area (Å²) in [6.07, 6.45) is 1.70. The smallest absolute Gasteiger partial charge is 0.319 e. The van der Waals surface area contributed by atoms with Crippen LogP contribution in [0.3, 0.4) is 0 Å². The Bertz CT molecular complexity index is 504. The van der Waals surface area contributed by atoms with Crippen LogP contribution in [0, 0.1) is 6.92 Å². The first-order chi connectivity index (χ1) is 9.54. The van der Waals surface area contributed by atoms with Crippen molar-refractivity contribution in [2.75, 3.05) is 18.4 Å². The summed E-state index contributed by atoms with van der Waals surface area (Å²) in [5.41, 5.74) is 7.10. The molecule has 1 aromatic rings. The molecule has 0 bridgehead atoms. The molecule has 1 unspecified atom stereocenters. The largest absolute Gasteiger partial charge is 0.351 e. The van der Waals surface area contributed by atoms with Crippen molar-refractivity contribution in [3.05, 3.63) is 29.8 Å². The number of urea groups is 2. The maximum absolute atomic E-state index is 11.9. The quantitative estimate of drug-likeness (QED) is 0.767. The summed E-state index contributed by atoms with van der Waals surface area (Å²) in [4.78, 5) is 24.6. The topological polar surface area (TPSA) is 87.5 Å². The minimum Gasteiger partial charge on any atom is -0.351 e. The molecule has 1 atom stereocenters. The molecule has 4 N–H and O–H groups in total. The third-order valence-electron chi connectivity index (χ3n) is 3.34. The molecular formula is C14H20N4O2. The molecule has 1 saturated heterocycles. The lowest BCUT2D eigenvalue weighted by Gasteiger charge is -2.31. The second kappa shape index (κ2) is 6.27. The lowest BCUT2D eigenvalue weighted by molar-refractivity contribution is 0.181. The van der Waals surface area contributed by atoms with Gasteiger partial charge in [0.25, 0.3) is 0 Å². The maximum atomic E-state index is 11.9. The predicted octanol–water partition coefficient (Wildman–Crippen LogP) is 1.66. The van der Waals surface area contributed by atoms with Crippen molar-refractivity contribution < 1.29 is 9.59 Å². The lowest BCUT2D eigenvalue weighted by atomic mass is 10.1. The first kappa shape index (κ1) is 14.2. The fraction of sp³-hybridized carbons (Fsp3) is 0.429. The van der Waals surface area contributed by atoms with Crippen LogP contribution in [0.1, 0.15) is 18.4 Å². The van der Waals surface area contributed by atoms with Gasteiger partial charge in [-0.05, 0) is 37.5 Å². The predicted molar refractivity (Wildman–Crippen MR) is 77.5 cm³/mol. The lowest BCUT2D eigenvalue weighted by Crippen LogP contribution is -2.51. The zero-order valence-corrected chi connectivity index (χ0v) is 11.6. The molecule has 6 nitrogen and oxygen atoms in total. The molecule has 4 amide bonds. The minimum absolute atomic E-state index is 0.0546. The van der Waals surface area contributed by atoms with Crippen molar-refractivity contribution in [2.45, 2.75) is 25.8 Å². The van der Waals surface area contributed by atoms with Gasteiger partial charge in [0.05, 0.1) is 0 Å². The van der Waals surface area contributed by atoms with Crippen LogP contribution in [0.5, 0.6) is 0 Å². The molecule has 0 saturated carbocycles. The zero-order valence-electron chi connectivity index (χ0n) is 11.6. The third kappa shape index (κ3) is 3.88. The summed E-state index contributed by atoms with van der Waals surface area (Å²) in [7, 11) is 0. The van der Waals surface area contributed by atoms with E-state index in [0.717, 1.165) is 24.1 Å². The van der Waals surface area contributed by atoms with E-state index in [4.69, 9.17) is 5.73 Å². The molecule has 1 aromatic carbocycles.